The van der Waals surface area contributed by atoms with E-state index in [0.717, 1.165) is 37.5 Å². The van der Waals surface area contributed by atoms with Gasteiger partial charge in [-0.05, 0) is 38.5 Å². The van der Waals surface area contributed by atoms with Gasteiger partial charge in [-0.25, -0.2) is 4.79 Å². The van der Waals surface area contributed by atoms with Crippen molar-refractivity contribution in [1.82, 2.24) is 0 Å². The third-order valence-electron chi connectivity index (χ3n) is 2.77. The minimum absolute atomic E-state index is 0.245. The highest BCUT2D eigenvalue weighted by Crippen LogP contribution is 2.33. The number of esters is 1. The van der Waals surface area contributed by atoms with Crippen molar-refractivity contribution in [3.8, 4) is 0 Å². The standard InChI is InChI=1S/C12H18O3/c1-2-15-12(14)9-11-6-3-5-10(11)7-4-8-13/h8-10H,2-7H2,1H3/b11-9+. The maximum absolute atomic E-state index is 11.3. The first-order valence-corrected chi connectivity index (χ1v) is 5.58. The molecule has 1 aliphatic carbocycles. The van der Waals surface area contributed by atoms with Crippen molar-refractivity contribution in [2.45, 2.75) is 39.0 Å². The van der Waals surface area contributed by atoms with Crippen LogP contribution in [0.5, 0.6) is 0 Å². The van der Waals surface area contributed by atoms with Gasteiger partial charge < -0.3 is 9.53 Å². The zero-order chi connectivity index (χ0) is 11.1. The summed E-state index contributed by atoms with van der Waals surface area (Å²) >= 11 is 0. The number of ether oxygens (including phenoxy) is 1. The Balaban J connectivity index is 2.51. The molecule has 1 atom stereocenters. The van der Waals surface area contributed by atoms with Gasteiger partial charge >= 0.3 is 5.97 Å². The van der Waals surface area contributed by atoms with Crippen molar-refractivity contribution in [2.75, 3.05) is 6.61 Å². The van der Waals surface area contributed by atoms with Crippen LogP contribution in [-0.4, -0.2) is 18.9 Å². The molecule has 3 heteroatoms. The lowest BCUT2D eigenvalue weighted by Gasteiger charge is -2.09. The van der Waals surface area contributed by atoms with Crippen molar-refractivity contribution in [1.29, 1.82) is 0 Å². The molecule has 3 nitrogen and oxygen atoms in total. The minimum Gasteiger partial charge on any atom is -0.463 e. The number of hydrogen-bond acceptors (Lipinski definition) is 3. The Bertz CT molecular complexity index is 256. The predicted octanol–water partition coefficient (Wildman–Crippen LogP) is 2.26. The molecular weight excluding hydrogens is 192 g/mol. The SMILES string of the molecule is CCOC(=O)/C=C1\CCCC1CCC=O. The van der Waals surface area contributed by atoms with E-state index < -0.39 is 0 Å². The van der Waals surface area contributed by atoms with Gasteiger partial charge in [0.15, 0.2) is 0 Å². The summed E-state index contributed by atoms with van der Waals surface area (Å²) in [5.74, 6) is 0.171. The first-order chi connectivity index (χ1) is 7.27. The summed E-state index contributed by atoms with van der Waals surface area (Å²) in [6, 6.07) is 0. The molecule has 84 valence electrons. The van der Waals surface area contributed by atoms with Crippen molar-refractivity contribution in [3.05, 3.63) is 11.6 Å². The fourth-order valence-corrected chi connectivity index (χ4v) is 2.07. The van der Waals surface area contributed by atoms with Gasteiger partial charge in [0.2, 0.25) is 0 Å². The van der Waals surface area contributed by atoms with E-state index in [1.54, 1.807) is 13.0 Å². The molecule has 0 aromatic carbocycles. The molecule has 0 saturated heterocycles. The summed E-state index contributed by atoms with van der Waals surface area (Å²) in [4.78, 5) is 21.5. The molecule has 0 spiro atoms. The molecule has 0 bridgehead atoms. The summed E-state index contributed by atoms with van der Waals surface area (Å²) in [6.07, 6.45) is 7.21. The first-order valence-electron chi connectivity index (χ1n) is 5.58. The Morgan fingerprint density at radius 1 is 1.60 bits per heavy atom. The largest absolute Gasteiger partial charge is 0.463 e. The molecule has 1 rings (SSSR count). The fourth-order valence-electron chi connectivity index (χ4n) is 2.07. The third kappa shape index (κ3) is 3.86. The van der Waals surface area contributed by atoms with Crippen LogP contribution in [0.15, 0.2) is 11.6 Å². The van der Waals surface area contributed by atoms with Crippen LogP contribution in [0.25, 0.3) is 0 Å². The summed E-state index contributed by atoms with van der Waals surface area (Å²) in [5, 5.41) is 0. The summed E-state index contributed by atoms with van der Waals surface area (Å²) in [5.41, 5.74) is 1.16. The molecule has 0 radical (unpaired) electrons. The summed E-state index contributed by atoms with van der Waals surface area (Å²) in [6.45, 7) is 2.22. The van der Waals surface area contributed by atoms with Gasteiger partial charge in [0.05, 0.1) is 6.61 Å². The van der Waals surface area contributed by atoms with Gasteiger partial charge in [0, 0.05) is 12.5 Å². The van der Waals surface area contributed by atoms with E-state index in [0.29, 0.717) is 18.9 Å². The highest BCUT2D eigenvalue weighted by atomic mass is 16.5. The topological polar surface area (TPSA) is 43.4 Å². The van der Waals surface area contributed by atoms with Crippen LogP contribution in [0, 0.1) is 5.92 Å². The molecular formula is C12H18O3. The van der Waals surface area contributed by atoms with Crippen LogP contribution in [0.4, 0.5) is 0 Å². The van der Waals surface area contributed by atoms with Crippen LogP contribution in [0.1, 0.15) is 39.0 Å². The molecule has 1 unspecified atom stereocenters. The van der Waals surface area contributed by atoms with E-state index in [2.05, 4.69) is 0 Å². The van der Waals surface area contributed by atoms with E-state index in [1.165, 1.54) is 0 Å². The van der Waals surface area contributed by atoms with Crippen molar-refractivity contribution in [3.63, 3.8) is 0 Å². The van der Waals surface area contributed by atoms with Crippen LogP contribution >= 0.6 is 0 Å². The smallest absolute Gasteiger partial charge is 0.330 e. The third-order valence-corrected chi connectivity index (χ3v) is 2.77. The normalized spacial score (nSPS) is 23.0. The van der Waals surface area contributed by atoms with Gasteiger partial charge in [-0.1, -0.05) is 5.57 Å². The Hall–Kier alpha value is -1.12. The fraction of sp³-hybridized carbons (Fsp3) is 0.667. The molecule has 0 aliphatic heterocycles. The quantitative estimate of drug-likeness (QED) is 0.397. The number of carbonyl (C=O) groups excluding carboxylic acids is 2. The number of rotatable bonds is 5. The van der Waals surface area contributed by atoms with E-state index in [1.807, 2.05) is 0 Å². The Kier molecular flexibility index (Phi) is 5.08. The van der Waals surface area contributed by atoms with Gasteiger partial charge in [-0.3, -0.25) is 0 Å². The minimum atomic E-state index is -0.245. The second kappa shape index (κ2) is 6.38. The van der Waals surface area contributed by atoms with Crippen molar-refractivity contribution in [2.24, 2.45) is 5.92 Å². The zero-order valence-corrected chi connectivity index (χ0v) is 9.20. The Labute approximate surface area is 90.5 Å². The number of carbonyl (C=O) groups is 2. The zero-order valence-electron chi connectivity index (χ0n) is 9.20. The lowest BCUT2D eigenvalue weighted by Crippen LogP contribution is -2.04. The lowest BCUT2D eigenvalue weighted by atomic mass is 9.97. The van der Waals surface area contributed by atoms with E-state index >= 15 is 0 Å². The van der Waals surface area contributed by atoms with Gasteiger partial charge in [0.1, 0.15) is 6.29 Å². The van der Waals surface area contributed by atoms with Gasteiger partial charge in [0.25, 0.3) is 0 Å². The average Bonchev–Trinajstić information content (AvgIpc) is 2.63. The second-order valence-electron chi connectivity index (χ2n) is 3.80. The first kappa shape index (κ1) is 12.0. The number of hydrogen-bond donors (Lipinski definition) is 0. The molecule has 1 fully saturated rings. The number of aldehydes is 1. The molecule has 1 aliphatic rings. The Morgan fingerprint density at radius 3 is 3.07 bits per heavy atom. The van der Waals surface area contributed by atoms with Crippen LogP contribution in [0.3, 0.4) is 0 Å². The van der Waals surface area contributed by atoms with Gasteiger partial charge in [-0.2, -0.15) is 0 Å². The summed E-state index contributed by atoms with van der Waals surface area (Å²) in [7, 11) is 0. The molecule has 0 N–H and O–H groups in total. The predicted molar refractivity (Wildman–Crippen MR) is 57.4 cm³/mol. The molecule has 0 amide bonds. The monoisotopic (exact) mass is 210 g/mol. The van der Waals surface area contributed by atoms with Crippen LogP contribution in [-0.2, 0) is 14.3 Å². The number of allylic oxidation sites excluding steroid dienone is 1. The molecule has 0 heterocycles. The maximum Gasteiger partial charge on any atom is 0.330 e. The second-order valence-corrected chi connectivity index (χ2v) is 3.80. The summed E-state index contributed by atoms with van der Waals surface area (Å²) < 4.78 is 4.87. The van der Waals surface area contributed by atoms with E-state index in [-0.39, 0.29) is 5.97 Å². The van der Waals surface area contributed by atoms with Crippen LogP contribution < -0.4 is 0 Å². The molecule has 1 saturated carbocycles. The molecule has 0 aromatic rings. The average molecular weight is 210 g/mol. The van der Waals surface area contributed by atoms with Crippen molar-refractivity contribution >= 4 is 12.3 Å². The highest BCUT2D eigenvalue weighted by molar-refractivity contribution is 5.82. The lowest BCUT2D eigenvalue weighted by molar-refractivity contribution is -0.137. The van der Waals surface area contributed by atoms with E-state index in [4.69, 9.17) is 4.74 Å². The van der Waals surface area contributed by atoms with Gasteiger partial charge in [-0.15, -0.1) is 0 Å². The van der Waals surface area contributed by atoms with E-state index in [9.17, 15) is 9.59 Å². The molecule has 15 heavy (non-hydrogen) atoms. The Morgan fingerprint density at radius 2 is 2.40 bits per heavy atom. The maximum atomic E-state index is 11.3. The molecule has 0 aromatic heterocycles. The van der Waals surface area contributed by atoms with Crippen LogP contribution in [0.2, 0.25) is 0 Å². The highest BCUT2D eigenvalue weighted by Gasteiger charge is 2.21. The van der Waals surface area contributed by atoms with Crippen molar-refractivity contribution < 1.29 is 14.3 Å².